The number of rotatable bonds is 4. The molecule has 0 aliphatic heterocycles. The van der Waals surface area contributed by atoms with E-state index in [4.69, 9.17) is 0 Å². The summed E-state index contributed by atoms with van der Waals surface area (Å²) in [4.78, 5) is 0. The summed E-state index contributed by atoms with van der Waals surface area (Å²) in [7, 11) is 0. The molecule has 1 atom stereocenters. The molecule has 1 heteroatoms. The molecule has 0 aliphatic carbocycles. The molecule has 0 heterocycles. The van der Waals surface area contributed by atoms with E-state index in [0.717, 1.165) is 12.8 Å². The summed E-state index contributed by atoms with van der Waals surface area (Å²) in [6.45, 7) is 8.06. The van der Waals surface area contributed by atoms with Crippen LogP contribution in [0.5, 0.6) is 0 Å². The van der Waals surface area contributed by atoms with Gasteiger partial charge in [0.05, 0.1) is 6.17 Å². The van der Waals surface area contributed by atoms with Gasteiger partial charge in [-0.25, -0.2) is 4.39 Å². The molecular weight excluding hydrogens is 127 g/mol. The second-order valence-electron chi connectivity index (χ2n) is 3.50. The molecule has 0 amide bonds. The molecule has 0 aliphatic rings. The van der Waals surface area contributed by atoms with Gasteiger partial charge in [0.25, 0.3) is 0 Å². The first-order chi connectivity index (χ1) is 4.54. The summed E-state index contributed by atoms with van der Waals surface area (Å²) in [6, 6.07) is 0. The van der Waals surface area contributed by atoms with Crippen LogP contribution in [-0.4, -0.2) is 6.17 Å². The van der Waals surface area contributed by atoms with E-state index >= 15 is 0 Å². The zero-order valence-corrected chi connectivity index (χ0v) is 7.58. The van der Waals surface area contributed by atoms with Crippen molar-refractivity contribution >= 4 is 0 Å². The highest BCUT2D eigenvalue weighted by Gasteiger charge is 2.21. The van der Waals surface area contributed by atoms with Crippen molar-refractivity contribution in [3.8, 4) is 0 Å². The molecule has 0 nitrogen and oxygen atoms in total. The zero-order chi connectivity index (χ0) is 8.20. The van der Waals surface area contributed by atoms with Crippen LogP contribution in [0.15, 0.2) is 0 Å². The number of hydrogen-bond donors (Lipinski definition) is 0. The zero-order valence-electron chi connectivity index (χ0n) is 7.58. The topological polar surface area (TPSA) is 0 Å². The molecule has 0 rings (SSSR count). The predicted molar refractivity (Wildman–Crippen MR) is 43.9 cm³/mol. The second-order valence-corrected chi connectivity index (χ2v) is 3.50. The third-order valence-electron chi connectivity index (χ3n) is 2.48. The van der Waals surface area contributed by atoms with Crippen LogP contribution in [0.2, 0.25) is 0 Å². The van der Waals surface area contributed by atoms with E-state index in [2.05, 4.69) is 20.8 Å². The molecule has 0 spiro atoms. The lowest BCUT2D eigenvalue weighted by molar-refractivity contribution is 0.190. The van der Waals surface area contributed by atoms with Crippen LogP contribution in [0.1, 0.15) is 47.0 Å². The average Bonchev–Trinajstić information content (AvgIpc) is 1.87. The van der Waals surface area contributed by atoms with E-state index in [-0.39, 0.29) is 5.41 Å². The minimum absolute atomic E-state index is 0.230. The average molecular weight is 146 g/mol. The summed E-state index contributed by atoms with van der Waals surface area (Å²) in [5, 5.41) is 0. The lowest BCUT2D eigenvalue weighted by Gasteiger charge is -2.26. The second kappa shape index (κ2) is 3.95. The molecule has 0 bridgehead atoms. The van der Waals surface area contributed by atoms with Crippen molar-refractivity contribution in [2.24, 2.45) is 5.41 Å². The van der Waals surface area contributed by atoms with E-state index in [9.17, 15) is 4.39 Å². The maximum Gasteiger partial charge on any atom is 0.0978 e. The first kappa shape index (κ1) is 9.93. The highest BCUT2D eigenvalue weighted by molar-refractivity contribution is 4.72. The fourth-order valence-corrected chi connectivity index (χ4v) is 1.22. The van der Waals surface area contributed by atoms with Crippen LogP contribution in [0.3, 0.4) is 0 Å². The molecule has 0 N–H and O–H groups in total. The summed E-state index contributed by atoms with van der Waals surface area (Å²) < 4.78 is 12.6. The molecule has 0 saturated heterocycles. The number of halogens is 1. The van der Waals surface area contributed by atoms with Gasteiger partial charge in [0, 0.05) is 0 Å². The standard InChI is InChI=1S/C9H19F/c1-5-9(4,6-2)7-8(3)10/h8H,5-7H2,1-4H3. The summed E-state index contributed by atoms with van der Waals surface area (Å²) >= 11 is 0. The highest BCUT2D eigenvalue weighted by atomic mass is 19.1. The van der Waals surface area contributed by atoms with Crippen LogP contribution < -0.4 is 0 Å². The largest absolute Gasteiger partial charge is 0.248 e. The first-order valence-electron chi connectivity index (χ1n) is 4.18. The van der Waals surface area contributed by atoms with Gasteiger partial charge in [-0.3, -0.25) is 0 Å². The number of alkyl halides is 1. The van der Waals surface area contributed by atoms with E-state index in [0.29, 0.717) is 6.42 Å². The van der Waals surface area contributed by atoms with Gasteiger partial charge in [-0.1, -0.05) is 33.6 Å². The van der Waals surface area contributed by atoms with Gasteiger partial charge < -0.3 is 0 Å². The van der Waals surface area contributed by atoms with Crippen LogP contribution in [-0.2, 0) is 0 Å². The molecule has 10 heavy (non-hydrogen) atoms. The molecule has 1 unspecified atom stereocenters. The van der Waals surface area contributed by atoms with Gasteiger partial charge in [0.15, 0.2) is 0 Å². The van der Waals surface area contributed by atoms with Gasteiger partial charge in [-0.15, -0.1) is 0 Å². The van der Waals surface area contributed by atoms with Crippen molar-refractivity contribution in [2.45, 2.75) is 53.1 Å². The van der Waals surface area contributed by atoms with Crippen LogP contribution in [0.4, 0.5) is 4.39 Å². The maximum absolute atomic E-state index is 12.6. The Bertz CT molecular complexity index is 82.7. The van der Waals surface area contributed by atoms with Crippen LogP contribution >= 0.6 is 0 Å². The molecule has 0 aromatic rings. The molecule has 0 fully saturated rings. The van der Waals surface area contributed by atoms with Crippen molar-refractivity contribution in [1.82, 2.24) is 0 Å². The fourth-order valence-electron chi connectivity index (χ4n) is 1.22. The molecular formula is C9H19F. The molecule has 0 aromatic heterocycles. The normalized spacial score (nSPS) is 15.3. The highest BCUT2D eigenvalue weighted by Crippen LogP contribution is 2.31. The van der Waals surface area contributed by atoms with Crippen molar-refractivity contribution in [3.05, 3.63) is 0 Å². The van der Waals surface area contributed by atoms with Gasteiger partial charge in [0.2, 0.25) is 0 Å². The lowest BCUT2D eigenvalue weighted by Crippen LogP contribution is -2.18. The Morgan fingerprint density at radius 3 is 1.80 bits per heavy atom. The van der Waals surface area contributed by atoms with E-state index in [1.54, 1.807) is 6.92 Å². The quantitative estimate of drug-likeness (QED) is 0.569. The van der Waals surface area contributed by atoms with Crippen molar-refractivity contribution in [1.29, 1.82) is 0 Å². The molecule has 0 radical (unpaired) electrons. The Kier molecular flexibility index (Phi) is 3.92. The third-order valence-corrected chi connectivity index (χ3v) is 2.48. The minimum atomic E-state index is -0.648. The fraction of sp³-hybridized carbons (Fsp3) is 1.00. The SMILES string of the molecule is CCC(C)(CC)CC(C)F. The van der Waals surface area contributed by atoms with Crippen molar-refractivity contribution in [3.63, 3.8) is 0 Å². The smallest absolute Gasteiger partial charge is 0.0978 e. The summed E-state index contributed by atoms with van der Waals surface area (Å²) in [5.41, 5.74) is 0.230. The van der Waals surface area contributed by atoms with E-state index < -0.39 is 6.17 Å². The van der Waals surface area contributed by atoms with Crippen LogP contribution in [0.25, 0.3) is 0 Å². The monoisotopic (exact) mass is 146 g/mol. The summed E-state index contributed by atoms with van der Waals surface area (Å²) in [6.07, 6.45) is 2.22. The van der Waals surface area contributed by atoms with E-state index in [1.807, 2.05) is 0 Å². The minimum Gasteiger partial charge on any atom is -0.248 e. The molecule has 0 saturated carbocycles. The van der Waals surface area contributed by atoms with Crippen molar-refractivity contribution < 1.29 is 4.39 Å². The Labute approximate surface area is 63.8 Å². The molecule has 0 aromatic carbocycles. The lowest BCUT2D eigenvalue weighted by atomic mass is 9.80. The van der Waals surface area contributed by atoms with Gasteiger partial charge >= 0.3 is 0 Å². The Balaban J connectivity index is 3.80. The Morgan fingerprint density at radius 1 is 1.30 bits per heavy atom. The van der Waals surface area contributed by atoms with E-state index in [1.165, 1.54) is 0 Å². The summed E-state index contributed by atoms with van der Waals surface area (Å²) in [5.74, 6) is 0. The number of hydrogen-bond acceptors (Lipinski definition) is 0. The Hall–Kier alpha value is -0.0700. The predicted octanol–water partition coefficient (Wildman–Crippen LogP) is 3.56. The van der Waals surface area contributed by atoms with Crippen LogP contribution in [0, 0.1) is 5.41 Å². The van der Waals surface area contributed by atoms with Gasteiger partial charge in [-0.05, 0) is 18.8 Å². The molecule has 62 valence electrons. The third kappa shape index (κ3) is 3.19. The first-order valence-corrected chi connectivity index (χ1v) is 4.18. The van der Waals surface area contributed by atoms with Gasteiger partial charge in [-0.2, -0.15) is 0 Å². The Morgan fingerprint density at radius 2 is 1.70 bits per heavy atom. The maximum atomic E-state index is 12.6. The van der Waals surface area contributed by atoms with Crippen molar-refractivity contribution in [2.75, 3.05) is 0 Å². The van der Waals surface area contributed by atoms with Gasteiger partial charge in [0.1, 0.15) is 0 Å².